The van der Waals surface area contributed by atoms with Gasteiger partial charge in [0.1, 0.15) is 0 Å². The van der Waals surface area contributed by atoms with E-state index < -0.39 is 0 Å². The number of hydrogen-bond donors (Lipinski definition) is 0. The molecule has 0 aliphatic heterocycles. The van der Waals surface area contributed by atoms with E-state index in [1.54, 1.807) is 26.1 Å². The van der Waals surface area contributed by atoms with Crippen molar-refractivity contribution in [2.45, 2.75) is 0 Å². The fourth-order valence-corrected chi connectivity index (χ4v) is 0. The van der Waals surface area contributed by atoms with Crippen molar-refractivity contribution < 1.29 is 0 Å². The Hall–Kier alpha value is 1.21. The third-order valence-corrected chi connectivity index (χ3v) is 0. The van der Waals surface area contributed by atoms with Crippen molar-refractivity contribution in [1.82, 2.24) is 0 Å². The Morgan fingerprint density at radius 3 is 1.00 bits per heavy atom. The molecule has 0 saturated carbocycles. The van der Waals surface area contributed by atoms with Gasteiger partial charge >= 0.3 is 38.8 Å². The van der Waals surface area contributed by atoms with Crippen molar-refractivity contribution in [2.75, 3.05) is 0 Å². The fourth-order valence-electron chi connectivity index (χ4n) is 0. The van der Waals surface area contributed by atoms with Crippen molar-refractivity contribution >= 4 is 38.8 Å². The van der Waals surface area contributed by atoms with Crippen LogP contribution in [0.5, 0.6) is 0 Å². The van der Waals surface area contributed by atoms with Gasteiger partial charge in [-0.3, -0.25) is 0 Å². The second kappa shape index (κ2) is 2.45. The normalized spacial score (nSPS) is 18.0. The van der Waals surface area contributed by atoms with E-state index in [2.05, 4.69) is 0 Å². The standard InChI is InChI=1S/AsH9Si3/c2-1(3)4/h2-4H3. The average molecular weight is 168 g/mol. The molecule has 0 atom stereocenters. The molecule has 0 saturated heterocycles. The van der Waals surface area contributed by atoms with Crippen LogP contribution in [0.3, 0.4) is 0 Å². The first-order valence-corrected chi connectivity index (χ1v) is 20.9. The van der Waals surface area contributed by atoms with E-state index in [1.165, 1.54) is 0 Å². The van der Waals surface area contributed by atoms with Crippen LogP contribution in [0.2, 0.25) is 0 Å². The molecule has 0 bridgehead atoms. The van der Waals surface area contributed by atoms with Gasteiger partial charge in [0.05, 0.1) is 0 Å². The predicted octanol–water partition coefficient (Wildman–Crippen LogP) is -3.93. The second-order valence-corrected chi connectivity index (χ2v) is 62.7. The average Bonchev–Trinajstić information content (AvgIpc) is 0.811. The second-order valence-electron chi connectivity index (χ2n) is 1.34. The molecule has 0 unspecified atom stereocenters. The SMILES string of the molecule is [SiH3][As]([SiH3])[SiH3]. The molecule has 0 rings (SSSR count). The third-order valence-electron chi connectivity index (χ3n) is 0. The molecular weight excluding hydrogens is 159 g/mol. The van der Waals surface area contributed by atoms with Crippen LogP contribution in [0.25, 0.3) is 0 Å². The molecule has 0 aliphatic rings. The Morgan fingerprint density at radius 2 is 1.00 bits per heavy atom. The topological polar surface area (TPSA) is 0 Å². The minimum atomic E-state index is 0.229. The van der Waals surface area contributed by atoms with E-state index >= 15 is 0 Å². The van der Waals surface area contributed by atoms with Crippen molar-refractivity contribution in [3.63, 3.8) is 0 Å². The van der Waals surface area contributed by atoms with E-state index in [4.69, 9.17) is 0 Å². The van der Waals surface area contributed by atoms with Crippen molar-refractivity contribution in [2.24, 2.45) is 0 Å². The molecule has 0 aromatic carbocycles. The summed E-state index contributed by atoms with van der Waals surface area (Å²) in [4.78, 5) is 0. The Kier molecular flexibility index (Phi) is 3.19. The molecule has 0 N–H and O–H groups in total. The Labute approximate surface area is 39.1 Å². The summed E-state index contributed by atoms with van der Waals surface area (Å²) in [6.07, 6.45) is 0. The van der Waals surface area contributed by atoms with Gasteiger partial charge in [-0.05, 0) is 0 Å². The summed E-state index contributed by atoms with van der Waals surface area (Å²) < 4.78 is 0. The first-order valence-electron chi connectivity index (χ1n) is 1.34. The van der Waals surface area contributed by atoms with E-state index in [1.807, 2.05) is 0 Å². The third kappa shape index (κ3) is 10.7. The zero-order valence-corrected chi connectivity index (χ0v) is 11.3. The van der Waals surface area contributed by atoms with E-state index in [0.717, 1.165) is 0 Å². The van der Waals surface area contributed by atoms with Crippen LogP contribution in [-0.4, -0.2) is 38.8 Å². The van der Waals surface area contributed by atoms with Crippen LogP contribution < -0.4 is 0 Å². The van der Waals surface area contributed by atoms with Gasteiger partial charge in [0, 0.05) is 0 Å². The van der Waals surface area contributed by atoms with Crippen LogP contribution in [0.1, 0.15) is 0 Å². The number of hydrogen-bond acceptors (Lipinski definition) is 0. The van der Waals surface area contributed by atoms with Crippen LogP contribution in [0, 0.1) is 0 Å². The molecule has 0 nitrogen and oxygen atoms in total. The summed E-state index contributed by atoms with van der Waals surface area (Å²) in [5, 5.41) is 0. The minimum absolute atomic E-state index is 0.229. The predicted molar refractivity (Wildman–Crippen MR) is 35.6 cm³/mol. The Balaban J connectivity index is 2.32. The molecule has 0 fully saturated rings. The van der Waals surface area contributed by atoms with Gasteiger partial charge in [-0.25, -0.2) is 0 Å². The van der Waals surface area contributed by atoms with Crippen molar-refractivity contribution in [3.8, 4) is 0 Å². The molecule has 0 radical (unpaired) electrons. The fraction of sp³-hybridized carbons (Fsp3) is 0. The van der Waals surface area contributed by atoms with Crippen LogP contribution in [0.4, 0.5) is 0 Å². The van der Waals surface area contributed by atoms with Gasteiger partial charge in [0.2, 0.25) is 0 Å². The maximum atomic E-state index is 1.62. The quantitative estimate of drug-likeness (QED) is 0.324. The molecular formula is H9AsSi3. The summed E-state index contributed by atoms with van der Waals surface area (Å²) >= 11 is 0.229. The molecule has 0 aromatic heterocycles. The Bertz CT molecular complexity index is 8.00. The monoisotopic (exact) mass is 168 g/mol. The summed E-state index contributed by atoms with van der Waals surface area (Å²) in [5.41, 5.74) is 0. The first-order chi connectivity index (χ1) is 1.73. The van der Waals surface area contributed by atoms with E-state index in [0.29, 0.717) is 0 Å². The summed E-state index contributed by atoms with van der Waals surface area (Å²) in [7, 11) is 4.85. The molecule has 0 spiro atoms. The van der Waals surface area contributed by atoms with Crippen molar-refractivity contribution in [3.05, 3.63) is 0 Å². The van der Waals surface area contributed by atoms with Gasteiger partial charge in [0.25, 0.3) is 0 Å². The van der Waals surface area contributed by atoms with Crippen LogP contribution >= 0.6 is 0 Å². The molecule has 0 aliphatic carbocycles. The Morgan fingerprint density at radius 1 is 1.00 bits per heavy atom. The number of rotatable bonds is 0. The van der Waals surface area contributed by atoms with Gasteiger partial charge in [0.15, 0.2) is 0 Å². The van der Waals surface area contributed by atoms with Gasteiger partial charge in [-0.1, -0.05) is 0 Å². The molecule has 0 heterocycles. The summed E-state index contributed by atoms with van der Waals surface area (Å²) in [6, 6.07) is 0. The maximum absolute atomic E-state index is 1.62. The van der Waals surface area contributed by atoms with Crippen LogP contribution in [-0.2, 0) is 0 Å². The van der Waals surface area contributed by atoms with Gasteiger partial charge < -0.3 is 0 Å². The molecule has 4 heteroatoms. The molecule has 0 amide bonds. The van der Waals surface area contributed by atoms with Gasteiger partial charge in [-0.2, -0.15) is 0 Å². The van der Waals surface area contributed by atoms with Crippen LogP contribution in [0.15, 0.2) is 0 Å². The summed E-state index contributed by atoms with van der Waals surface area (Å²) in [5.74, 6) is 0. The molecule has 4 heavy (non-hydrogen) atoms. The van der Waals surface area contributed by atoms with E-state index in [9.17, 15) is 0 Å². The van der Waals surface area contributed by atoms with Gasteiger partial charge in [-0.15, -0.1) is 0 Å². The molecule has 0 aromatic rings. The zero-order valence-electron chi connectivity index (χ0n) is 3.45. The molecule has 26 valence electrons. The summed E-state index contributed by atoms with van der Waals surface area (Å²) in [6.45, 7) is 0. The van der Waals surface area contributed by atoms with E-state index in [-0.39, 0.29) is 12.7 Å². The first kappa shape index (κ1) is 5.21. The zero-order chi connectivity index (χ0) is 3.58. The van der Waals surface area contributed by atoms with Crippen molar-refractivity contribution in [1.29, 1.82) is 0 Å².